The van der Waals surface area contributed by atoms with E-state index in [0.29, 0.717) is 0 Å². The van der Waals surface area contributed by atoms with Crippen LogP contribution >= 0.6 is 11.3 Å². The minimum atomic E-state index is 0.920. The maximum atomic E-state index is 4.64. The topological polar surface area (TPSA) is 24.9 Å². The molecular weight excluding hydrogens is 336 g/mol. The highest BCUT2D eigenvalue weighted by Crippen LogP contribution is 2.31. The summed E-state index contributed by atoms with van der Waals surface area (Å²) in [6.45, 7) is 0. The molecule has 0 aliphatic carbocycles. The van der Waals surface area contributed by atoms with Crippen LogP contribution in [0.5, 0.6) is 0 Å². The Morgan fingerprint density at radius 2 is 1.46 bits per heavy atom. The summed E-state index contributed by atoms with van der Waals surface area (Å²) in [6.07, 6.45) is 0. The van der Waals surface area contributed by atoms with E-state index in [1.807, 2.05) is 18.2 Å². The Bertz CT molecular complexity index is 1170. The summed E-state index contributed by atoms with van der Waals surface area (Å²) in [6, 6.07) is 31.7. The van der Waals surface area contributed by atoms with Gasteiger partial charge >= 0.3 is 0 Å². The second kappa shape index (κ2) is 6.28. The smallest absolute Gasteiger partial charge is 0.188 e. The first-order chi connectivity index (χ1) is 12.9. The first-order valence-corrected chi connectivity index (χ1v) is 9.39. The van der Waals surface area contributed by atoms with Gasteiger partial charge in [0.1, 0.15) is 0 Å². The zero-order chi connectivity index (χ0) is 17.3. The van der Waals surface area contributed by atoms with Gasteiger partial charge in [-0.05, 0) is 46.2 Å². The summed E-state index contributed by atoms with van der Waals surface area (Å²) >= 11 is 1.67. The minimum absolute atomic E-state index is 0.920. The van der Waals surface area contributed by atoms with E-state index >= 15 is 0 Å². The standard InChI is InChI=1S/C23H16N2S/c1-2-8-19-16(6-1)7-5-9-20(19)17-12-14-18(15-13-17)24-23-25-21-10-3-4-11-22(21)26-23/h1-15H,(H,24,25). The predicted octanol–water partition coefficient (Wildman–Crippen LogP) is 6.86. The Morgan fingerprint density at radius 3 is 2.35 bits per heavy atom. The predicted molar refractivity (Wildman–Crippen MR) is 112 cm³/mol. The van der Waals surface area contributed by atoms with Crippen LogP contribution in [-0.2, 0) is 0 Å². The van der Waals surface area contributed by atoms with Gasteiger partial charge in [-0.3, -0.25) is 0 Å². The highest BCUT2D eigenvalue weighted by atomic mass is 32.1. The van der Waals surface area contributed by atoms with Gasteiger partial charge in [0.2, 0.25) is 0 Å². The molecule has 2 nitrogen and oxygen atoms in total. The summed E-state index contributed by atoms with van der Waals surface area (Å²) in [5.41, 5.74) is 4.56. The lowest BCUT2D eigenvalue weighted by Crippen LogP contribution is -1.89. The summed E-state index contributed by atoms with van der Waals surface area (Å²) in [4.78, 5) is 4.64. The Kier molecular flexibility index (Phi) is 3.65. The van der Waals surface area contributed by atoms with Crippen LogP contribution in [0.2, 0.25) is 0 Å². The number of thiazole rings is 1. The van der Waals surface area contributed by atoms with E-state index in [1.165, 1.54) is 26.6 Å². The Hall–Kier alpha value is -3.17. The average Bonchev–Trinajstić information content (AvgIpc) is 3.10. The summed E-state index contributed by atoms with van der Waals surface area (Å²) in [7, 11) is 0. The van der Waals surface area contributed by atoms with Gasteiger partial charge in [0, 0.05) is 5.69 Å². The molecule has 0 bridgehead atoms. The van der Waals surface area contributed by atoms with E-state index in [9.17, 15) is 0 Å². The van der Waals surface area contributed by atoms with Crippen LogP contribution in [0.1, 0.15) is 0 Å². The van der Waals surface area contributed by atoms with Crippen LogP contribution in [0.25, 0.3) is 32.1 Å². The lowest BCUT2D eigenvalue weighted by Gasteiger charge is -2.08. The van der Waals surface area contributed by atoms with Crippen molar-refractivity contribution in [3.63, 3.8) is 0 Å². The zero-order valence-corrected chi connectivity index (χ0v) is 14.8. The van der Waals surface area contributed by atoms with E-state index in [-0.39, 0.29) is 0 Å². The lowest BCUT2D eigenvalue weighted by atomic mass is 9.98. The second-order valence-corrected chi connectivity index (χ2v) is 7.25. The molecule has 4 aromatic carbocycles. The number of fused-ring (bicyclic) bond motifs is 2. The molecule has 0 atom stereocenters. The van der Waals surface area contributed by atoms with E-state index in [4.69, 9.17) is 0 Å². The number of hydrogen-bond donors (Lipinski definition) is 1. The van der Waals surface area contributed by atoms with Crippen LogP contribution in [0.15, 0.2) is 91.0 Å². The van der Waals surface area contributed by atoms with Crippen molar-refractivity contribution in [3.05, 3.63) is 91.0 Å². The quantitative estimate of drug-likeness (QED) is 0.383. The molecule has 124 valence electrons. The molecule has 1 N–H and O–H groups in total. The molecule has 0 saturated carbocycles. The Balaban J connectivity index is 1.46. The van der Waals surface area contributed by atoms with E-state index in [2.05, 4.69) is 83.1 Å². The zero-order valence-electron chi connectivity index (χ0n) is 14.0. The van der Waals surface area contributed by atoms with Crippen molar-refractivity contribution >= 4 is 43.1 Å². The van der Waals surface area contributed by atoms with Crippen molar-refractivity contribution < 1.29 is 0 Å². The number of hydrogen-bond acceptors (Lipinski definition) is 3. The third-order valence-electron chi connectivity index (χ3n) is 4.53. The maximum Gasteiger partial charge on any atom is 0.188 e. The first-order valence-electron chi connectivity index (χ1n) is 8.58. The van der Waals surface area contributed by atoms with Gasteiger partial charge in [0.05, 0.1) is 10.2 Å². The number of para-hydroxylation sites is 1. The van der Waals surface area contributed by atoms with Gasteiger partial charge in [-0.15, -0.1) is 0 Å². The highest BCUT2D eigenvalue weighted by molar-refractivity contribution is 7.22. The molecule has 5 rings (SSSR count). The van der Waals surface area contributed by atoms with E-state index in [0.717, 1.165) is 16.3 Å². The van der Waals surface area contributed by atoms with Gasteiger partial charge in [-0.2, -0.15) is 0 Å². The van der Waals surface area contributed by atoms with Gasteiger partial charge in [0.25, 0.3) is 0 Å². The van der Waals surface area contributed by atoms with E-state index < -0.39 is 0 Å². The molecule has 0 fully saturated rings. The fourth-order valence-electron chi connectivity index (χ4n) is 3.26. The van der Waals surface area contributed by atoms with Crippen LogP contribution in [0, 0.1) is 0 Å². The number of nitrogens with one attached hydrogen (secondary N) is 1. The molecule has 0 saturated heterocycles. The molecule has 3 heteroatoms. The summed E-state index contributed by atoms with van der Waals surface area (Å²) in [5.74, 6) is 0. The summed E-state index contributed by atoms with van der Waals surface area (Å²) < 4.78 is 1.20. The molecule has 0 spiro atoms. The van der Waals surface area contributed by atoms with Crippen molar-refractivity contribution in [1.82, 2.24) is 4.98 Å². The van der Waals surface area contributed by atoms with E-state index in [1.54, 1.807) is 11.3 Å². The van der Waals surface area contributed by atoms with Crippen molar-refractivity contribution in [2.24, 2.45) is 0 Å². The fourth-order valence-corrected chi connectivity index (χ4v) is 4.15. The highest BCUT2D eigenvalue weighted by Gasteiger charge is 2.05. The van der Waals surface area contributed by atoms with Gasteiger partial charge in [-0.25, -0.2) is 4.98 Å². The Labute approximate surface area is 155 Å². The second-order valence-electron chi connectivity index (χ2n) is 6.22. The van der Waals surface area contributed by atoms with Crippen molar-refractivity contribution in [3.8, 4) is 11.1 Å². The molecule has 0 radical (unpaired) electrons. The van der Waals surface area contributed by atoms with Crippen molar-refractivity contribution in [1.29, 1.82) is 0 Å². The Morgan fingerprint density at radius 1 is 0.692 bits per heavy atom. The van der Waals surface area contributed by atoms with Crippen LogP contribution in [-0.4, -0.2) is 4.98 Å². The normalized spacial score (nSPS) is 11.1. The number of benzene rings is 4. The molecule has 0 aliphatic heterocycles. The first kappa shape index (κ1) is 15.1. The number of nitrogens with zero attached hydrogens (tertiary/aromatic N) is 1. The minimum Gasteiger partial charge on any atom is -0.332 e. The molecule has 0 amide bonds. The number of rotatable bonds is 3. The van der Waals surface area contributed by atoms with Gasteiger partial charge < -0.3 is 5.32 Å². The molecule has 0 unspecified atom stereocenters. The molecule has 0 aliphatic rings. The van der Waals surface area contributed by atoms with Crippen LogP contribution < -0.4 is 5.32 Å². The number of aromatic nitrogens is 1. The average molecular weight is 352 g/mol. The fraction of sp³-hybridized carbons (Fsp3) is 0. The molecule has 1 heterocycles. The monoisotopic (exact) mass is 352 g/mol. The molecule has 5 aromatic rings. The largest absolute Gasteiger partial charge is 0.332 e. The van der Waals surface area contributed by atoms with Crippen LogP contribution in [0.3, 0.4) is 0 Å². The van der Waals surface area contributed by atoms with Crippen molar-refractivity contribution in [2.45, 2.75) is 0 Å². The lowest BCUT2D eigenvalue weighted by molar-refractivity contribution is 1.44. The third-order valence-corrected chi connectivity index (χ3v) is 5.48. The summed E-state index contributed by atoms with van der Waals surface area (Å²) in [5, 5.41) is 6.88. The van der Waals surface area contributed by atoms with Crippen molar-refractivity contribution in [2.75, 3.05) is 5.32 Å². The van der Waals surface area contributed by atoms with Gasteiger partial charge in [-0.1, -0.05) is 78.1 Å². The number of anilines is 2. The van der Waals surface area contributed by atoms with Gasteiger partial charge in [0.15, 0.2) is 5.13 Å². The molecular formula is C23H16N2S. The maximum absolute atomic E-state index is 4.64. The SMILES string of the molecule is c1ccc2c(-c3ccc(Nc4nc5ccccc5s4)cc3)cccc2c1. The van der Waals surface area contributed by atoms with Crippen LogP contribution in [0.4, 0.5) is 10.8 Å². The molecule has 1 aromatic heterocycles. The molecule has 26 heavy (non-hydrogen) atoms. The third kappa shape index (κ3) is 2.72.